The molecular formula is C16H22N2O5S. The second kappa shape index (κ2) is 8.25. The van der Waals surface area contributed by atoms with Crippen molar-refractivity contribution in [2.75, 3.05) is 6.54 Å². The molecule has 24 heavy (non-hydrogen) atoms. The number of hydrogen-bond acceptors (Lipinski definition) is 4. The quantitative estimate of drug-likeness (QED) is 0.551. The molecule has 8 heteroatoms. The number of hydrogen-bond donors (Lipinski definition) is 3. The van der Waals surface area contributed by atoms with Gasteiger partial charge in [0.15, 0.2) is 0 Å². The molecule has 132 valence electrons. The van der Waals surface area contributed by atoms with Crippen LogP contribution >= 0.6 is 0 Å². The minimum absolute atomic E-state index is 0.0408. The van der Waals surface area contributed by atoms with Crippen LogP contribution in [-0.4, -0.2) is 38.0 Å². The van der Waals surface area contributed by atoms with Gasteiger partial charge >= 0.3 is 5.97 Å². The molecule has 0 atom stereocenters. The lowest BCUT2D eigenvalue weighted by molar-refractivity contribution is -0.137. The Morgan fingerprint density at radius 2 is 1.75 bits per heavy atom. The van der Waals surface area contributed by atoms with Gasteiger partial charge in [0.1, 0.15) is 0 Å². The van der Waals surface area contributed by atoms with E-state index < -0.39 is 16.0 Å². The average Bonchev–Trinajstić information content (AvgIpc) is 3.33. The van der Waals surface area contributed by atoms with Crippen LogP contribution in [0.3, 0.4) is 0 Å². The predicted octanol–water partition coefficient (Wildman–Crippen LogP) is 1.50. The Balaban J connectivity index is 1.77. The lowest BCUT2D eigenvalue weighted by atomic mass is 10.2. The number of nitrogens with one attached hydrogen (secondary N) is 2. The van der Waals surface area contributed by atoms with Crippen LogP contribution < -0.4 is 10.0 Å². The van der Waals surface area contributed by atoms with E-state index in [1.165, 1.54) is 24.3 Å². The van der Waals surface area contributed by atoms with Crippen LogP contribution in [0.2, 0.25) is 0 Å². The monoisotopic (exact) mass is 354 g/mol. The number of carboxylic acid groups (broad SMARTS) is 1. The van der Waals surface area contributed by atoms with Crippen molar-refractivity contribution >= 4 is 21.9 Å². The first kappa shape index (κ1) is 18.4. The Labute approximate surface area is 141 Å². The normalized spacial score (nSPS) is 14.3. The number of aliphatic carboxylic acids is 1. The van der Waals surface area contributed by atoms with Gasteiger partial charge in [-0.05, 0) is 49.9 Å². The van der Waals surface area contributed by atoms with Crippen molar-refractivity contribution in [3.8, 4) is 0 Å². The Bertz CT molecular complexity index is 681. The molecule has 0 radical (unpaired) electrons. The first-order chi connectivity index (χ1) is 11.4. The predicted molar refractivity (Wildman–Crippen MR) is 88.2 cm³/mol. The topological polar surface area (TPSA) is 113 Å². The Hall–Kier alpha value is -1.93. The second-order valence-corrected chi connectivity index (χ2v) is 7.59. The molecule has 1 saturated carbocycles. The van der Waals surface area contributed by atoms with E-state index >= 15 is 0 Å². The van der Waals surface area contributed by atoms with Gasteiger partial charge in [-0.25, -0.2) is 13.1 Å². The Morgan fingerprint density at radius 1 is 1.08 bits per heavy atom. The van der Waals surface area contributed by atoms with Gasteiger partial charge in [-0.1, -0.05) is 6.42 Å². The number of sulfonamides is 1. The van der Waals surface area contributed by atoms with Gasteiger partial charge in [-0.2, -0.15) is 0 Å². The molecule has 1 amide bonds. The van der Waals surface area contributed by atoms with Crippen molar-refractivity contribution in [3.05, 3.63) is 29.8 Å². The Kier molecular flexibility index (Phi) is 6.33. The zero-order chi connectivity index (χ0) is 17.6. The van der Waals surface area contributed by atoms with E-state index in [9.17, 15) is 18.0 Å². The van der Waals surface area contributed by atoms with Crippen LogP contribution in [0.25, 0.3) is 0 Å². The molecule has 1 fully saturated rings. The molecule has 1 aromatic rings. The molecule has 0 heterocycles. The molecule has 7 nitrogen and oxygen atoms in total. The standard InChI is InChI=1S/C16H22N2O5S/c19-15(20)4-2-1-3-11-17-16(21)12-5-9-14(10-6-12)24(22,23)18-13-7-8-13/h5-6,9-10,13,18H,1-4,7-8,11H2,(H,17,21)(H,19,20). The maximum absolute atomic E-state index is 12.0. The number of carboxylic acids is 1. The molecule has 0 spiro atoms. The average molecular weight is 354 g/mol. The van der Waals surface area contributed by atoms with Gasteiger partial charge in [0, 0.05) is 24.6 Å². The maximum atomic E-state index is 12.0. The van der Waals surface area contributed by atoms with Crippen LogP contribution in [-0.2, 0) is 14.8 Å². The molecule has 0 bridgehead atoms. The molecule has 0 unspecified atom stereocenters. The van der Waals surface area contributed by atoms with Gasteiger partial charge < -0.3 is 10.4 Å². The third-order valence-electron chi connectivity index (χ3n) is 3.68. The van der Waals surface area contributed by atoms with Crippen molar-refractivity contribution in [2.45, 2.75) is 49.5 Å². The number of carbonyl (C=O) groups is 2. The first-order valence-electron chi connectivity index (χ1n) is 8.01. The van der Waals surface area contributed by atoms with Crippen LogP contribution in [0, 0.1) is 0 Å². The lowest BCUT2D eigenvalue weighted by Crippen LogP contribution is -2.26. The highest BCUT2D eigenvalue weighted by Gasteiger charge is 2.27. The summed E-state index contributed by atoms with van der Waals surface area (Å²) in [4.78, 5) is 22.5. The van der Waals surface area contributed by atoms with Gasteiger partial charge in [0.2, 0.25) is 10.0 Å². The number of amides is 1. The fourth-order valence-electron chi connectivity index (χ4n) is 2.16. The van der Waals surface area contributed by atoms with Crippen molar-refractivity contribution in [1.82, 2.24) is 10.0 Å². The summed E-state index contributed by atoms with van der Waals surface area (Å²) < 4.78 is 26.6. The summed E-state index contributed by atoms with van der Waals surface area (Å²) in [6.07, 6.45) is 3.90. The fourth-order valence-corrected chi connectivity index (χ4v) is 3.46. The van der Waals surface area contributed by atoms with E-state index in [-0.39, 0.29) is 23.3 Å². The molecule has 0 aromatic heterocycles. The highest BCUT2D eigenvalue weighted by molar-refractivity contribution is 7.89. The molecular weight excluding hydrogens is 332 g/mol. The van der Waals surface area contributed by atoms with E-state index in [2.05, 4.69) is 10.0 Å². The Morgan fingerprint density at radius 3 is 2.33 bits per heavy atom. The third-order valence-corrected chi connectivity index (χ3v) is 5.22. The van der Waals surface area contributed by atoms with Gasteiger partial charge in [-0.15, -0.1) is 0 Å². The molecule has 1 aliphatic rings. The summed E-state index contributed by atoms with van der Waals surface area (Å²) in [6, 6.07) is 5.86. The zero-order valence-electron chi connectivity index (χ0n) is 13.3. The van der Waals surface area contributed by atoms with Crippen LogP contribution in [0.15, 0.2) is 29.2 Å². The second-order valence-electron chi connectivity index (χ2n) is 5.88. The van der Waals surface area contributed by atoms with Gasteiger partial charge in [0.25, 0.3) is 5.91 Å². The van der Waals surface area contributed by atoms with E-state index in [1.807, 2.05) is 0 Å². The van der Waals surface area contributed by atoms with Crippen molar-refractivity contribution < 1.29 is 23.1 Å². The number of benzene rings is 1. The van der Waals surface area contributed by atoms with Crippen LogP contribution in [0.4, 0.5) is 0 Å². The molecule has 3 N–H and O–H groups in total. The van der Waals surface area contributed by atoms with Crippen LogP contribution in [0.5, 0.6) is 0 Å². The highest BCUT2D eigenvalue weighted by atomic mass is 32.2. The number of unbranched alkanes of at least 4 members (excludes halogenated alkanes) is 2. The lowest BCUT2D eigenvalue weighted by Gasteiger charge is -2.07. The number of rotatable bonds is 10. The fraction of sp³-hybridized carbons (Fsp3) is 0.500. The molecule has 0 saturated heterocycles. The summed E-state index contributed by atoms with van der Waals surface area (Å²) in [5, 5.41) is 11.3. The van der Waals surface area contributed by atoms with Crippen molar-refractivity contribution in [3.63, 3.8) is 0 Å². The van der Waals surface area contributed by atoms with Crippen molar-refractivity contribution in [1.29, 1.82) is 0 Å². The molecule has 1 aromatic carbocycles. The SMILES string of the molecule is O=C(O)CCCCCNC(=O)c1ccc(S(=O)(=O)NC2CC2)cc1. The minimum atomic E-state index is -3.50. The minimum Gasteiger partial charge on any atom is -0.481 e. The van der Waals surface area contributed by atoms with Crippen molar-refractivity contribution in [2.24, 2.45) is 0 Å². The summed E-state index contributed by atoms with van der Waals surface area (Å²) in [7, 11) is -3.50. The van der Waals surface area contributed by atoms with Gasteiger partial charge in [-0.3, -0.25) is 9.59 Å². The van der Waals surface area contributed by atoms with E-state index in [0.717, 1.165) is 19.3 Å². The zero-order valence-corrected chi connectivity index (χ0v) is 14.1. The van der Waals surface area contributed by atoms with E-state index in [4.69, 9.17) is 5.11 Å². The maximum Gasteiger partial charge on any atom is 0.303 e. The third kappa shape index (κ3) is 5.93. The van der Waals surface area contributed by atoms with E-state index in [1.54, 1.807) is 0 Å². The first-order valence-corrected chi connectivity index (χ1v) is 9.49. The summed E-state index contributed by atoms with van der Waals surface area (Å²) in [5.41, 5.74) is 0.394. The summed E-state index contributed by atoms with van der Waals surface area (Å²) >= 11 is 0. The molecule has 2 rings (SSSR count). The van der Waals surface area contributed by atoms with Gasteiger partial charge in [0.05, 0.1) is 4.90 Å². The molecule has 0 aliphatic heterocycles. The van der Waals surface area contributed by atoms with E-state index in [0.29, 0.717) is 24.9 Å². The molecule has 1 aliphatic carbocycles. The number of carbonyl (C=O) groups excluding carboxylic acids is 1. The summed E-state index contributed by atoms with van der Waals surface area (Å²) in [6.45, 7) is 0.460. The highest BCUT2D eigenvalue weighted by Crippen LogP contribution is 2.22. The smallest absolute Gasteiger partial charge is 0.303 e. The largest absolute Gasteiger partial charge is 0.481 e. The van der Waals surface area contributed by atoms with Crippen LogP contribution in [0.1, 0.15) is 48.9 Å². The summed E-state index contributed by atoms with van der Waals surface area (Å²) in [5.74, 6) is -1.09.